The van der Waals surface area contributed by atoms with Gasteiger partial charge in [0.1, 0.15) is 12.4 Å². The smallest absolute Gasteiger partial charge is 0.255 e. The van der Waals surface area contributed by atoms with Gasteiger partial charge < -0.3 is 10.1 Å². The molecule has 2 aromatic carbocycles. The molecule has 3 rings (SSSR count). The van der Waals surface area contributed by atoms with E-state index in [-0.39, 0.29) is 11.1 Å². The van der Waals surface area contributed by atoms with E-state index in [2.05, 4.69) is 10.3 Å². The number of carbonyl (C=O) groups excluding carboxylic acids is 1. The van der Waals surface area contributed by atoms with Crippen LogP contribution in [-0.4, -0.2) is 10.9 Å². The van der Waals surface area contributed by atoms with Crippen LogP contribution in [0.4, 0.5) is 5.69 Å². The lowest BCUT2D eigenvalue weighted by molar-refractivity contribution is 0.102. The molecule has 0 aliphatic rings. The first kappa shape index (κ1) is 16.0. The van der Waals surface area contributed by atoms with Gasteiger partial charge in [0.25, 0.3) is 5.91 Å². The lowest BCUT2D eigenvalue weighted by atomic mass is 10.2. The van der Waals surface area contributed by atoms with Gasteiger partial charge in [-0.1, -0.05) is 41.9 Å². The Hall–Kier alpha value is -2.85. The maximum Gasteiger partial charge on any atom is 0.255 e. The summed E-state index contributed by atoms with van der Waals surface area (Å²) in [4.78, 5) is 16.1. The van der Waals surface area contributed by atoms with E-state index in [4.69, 9.17) is 16.3 Å². The van der Waals surface area contributed by atoms with Crippen molar-refractivity contribution in [2.75, 3.05) is 5.32 Å². The number of nitrogens with one attached hydrogen (secondary N) is 1. The van der Waals surface area contributed by atoms with Crippen LogP contribution in [0.1, 0.15) is 15.9 Å². The highest BCUT2D eigenvalue weighted by molar-refractivity contribution is 6.32. The Morgan fingerprint density at radius 2 is 1.75 bits per heavy atom. The molecule has 0 fully saturated rings. The number of nitrogens with zero attached hydrogens (tertiary/aromatic N) is 1. The fraction of sp³-hybridized carbons (Fsp3) is 0.0526. The van der Waals surface area contributed by atoms with Crippen LogP contribution in [0.15, 0.2) is 72.9 Å². The molecule has 1 N–H and O–H groups in total. The van der Waals surface area contributed by atoms with Gasteiger partial charge in [0.15, 0.2) is 5.15 Å². The molecule has 24 heavy (non-hydrogen) atoms. The summed E-state index contributed by atoms with van der Waals surface area (Å²) in [6.45, 7) is 0.484. The highest BCUT2D eigenvalue weighted by Gasteiger charge is 2.09. The van der Waals surface area contributed by atoms with Crippen LogP contribution in [0.2, 0.25) is 5.15 Å². The summed E-state index contributed by atoms with van der Waals surface area (Å²) in [5, 5.41) is 2.99. The molecule has 3 aromatic rings. The first-order valence-electron chi connectivity index (χ1n) is 7.41. The molecule has 1 aromatic heterocycles. The van der Waals surface area contributed by atoms with Gasteiger partial charge in [-0.15, -0.1) is 0 Å². The van der Waals surface area contributed by atoms with Gasteiger partial charge in [0.05, 0.1) is 5.69 Å². The van der Waals surface area contributed by atoms with Crippen LogP contribution in [0.5, 0.6) is 5.75 Å². The minimum Gasteiger partial charge on any atom is -0.489 e. The van der Waals surface area contributed by atoms with Crippen molar-refractivity contribution in [3.63, 3.8) is 0 Å². The molecule has 0 spiro atoms. The number of hydrogen-bond acceptors (Lipinski definition) is 3. The molecule has 0 bridgehead atoms. The van der Waals surface area contributed by atoms with Crippen LogP contribution < -0.4 is 10.1 Å². The molecule has 0 aliphatic heterocycles. The zero-order valence-electron chi connectivity index (χ0n) is 12.8. The number of anilines is 1. The zero-order valence-corrected chi connectivity index (χ0v) is 13.5. The molecule has 120 valence electrons. The van der Waals surface area contributed by atoms with Crippen molar-refractivity contribution < 1.29 is 9.53 Å². The maximum atomic E-state index is 12.2. The Morgan fingerprint density at radius 1 is 1.00 bits per heavy atom. The van der Waals surface area contributed by atoms with Crippen LogP contribution >= 0.6 is 11.6 Å². The SMILES string of the molecule is O=C(Nc1cccnc1Cl)c1ccc(OCc2ccccc2)cc1. The van der Waals surface area contributed by atoms with Gasteiger partial charge in [-0.25, -0.2) is 4.98 Å². The summed E-state index contributed by atoms with van der Waals surface area (Å²) in [6, 6.07) is 20.3. The third-order valence-corrected chi connectivity index (χ3v) is 3.67. The third-order valence-electron chi connectivity index (χ3n) is 3.37. The van der Waals surface area contributed by atoms with Crippen LogP contribution in [0, 0.1) is 0 Å². The zero-order chi connectivity index (χ0) is 16.8. The quantitative estimate of drug-likeness (QED) is 0.693. The van der Waals surface area contributed by atoms with E-state index in [9.17, 15) is 4.79 Å². The summed E-state index contributed by atoms with van der Waals surface area (Å²) >= 11 is 5.93. The van der Waals surface area contributed by atoms with Crippen LogP contribution in [-0.2, 0) is 6.61 Å². The van der Waals surface area contributed by atoms with Crippen molar-refractivity contribution in [3.8, 4) is 5.75 Å². The summed E-state index contributed by atoms with van der Waals surface area (Å²) in [7, 11) is 0. The normalized spacial score (nSPS) is 10.2. The molecule has 0 aliphatic carbocycles. The molecular weight excluding hydrogens is 324 g/mol. The number of carbonyl (C=O) groups is 1. The van der Waals surface area contributed by atoms with E-state index in [1.807, 2.05) is 30.3 Å². The Labute approximate surface area is 145 Å². The predicted octanol–water partition coefficient (Wildman–Crippen LogP) is 4.57. The predicted molar refractivity (Wildman–Crippen MR) is 94.4 cm³/mol. The number of hydrogen-bond donors (Lipinski definition) is 1. The summed E-state index contributed by atoms with van der Waals surface area (Å²) in [5.74, 6) is 0.453. The van der Waals surface area contributed by atoms with E-state index in [0.717, 1.165) is 5.56 Å². The van der Waals surface area contributed by atoms with E-state index in [1.54, 1.807) is 42.6 Å². The Bertz CT molecular complexity index is 820. The van der Waals surface area contributed by atoms with Crippen molar-refractivity contribution in [1.29, 1.82) is 0 Å². The second-order valence-electron chi connectivity index (χ2n) is 5.09. The molecule has 1 heterocycles. The molecule has 5 heteroatoms. The monoisotopic (exact) mass is 338 g/mol. The highest BCUT2D eigenvalue weighted by Crippen LogP contribution is 2.19. The van der Waals surface area contributed by atoms with Gasteiger partial charge in [-0.3, -0.25) is 4.79 Å². The molecule has 0 unspecified atom stereocenters. The van der Waals surface area contributed by atoms with Gasteiger partial charge in [0.2, 0.25) is 0 Å². The largest absolute Gasteiger partial charge is 0.489 e. The van der Waals surface area contributed by atoms with Crippen LogP contribution in [0.3, 0.4) is 0 Å². The Morgan fingerprint density at radius 3 is 2.46 bits per heavy atom. The van der Waals surface area contributed by atoms with Crippen molar-refractivity contribution >= 4 is 23.2 Å². The number of aromatic nitrogens is 1. The second kappa shape index (κ2) is 7.62. The topological polar surface area (TPSA) is 51.2 Å². The molecule has 0 saturated carbocycles. The van der Waals surface area contributed by atoms with Crippen molar-refractivity contribution in [2.45, 2.75) is 6.61 Å². The lowest BCUT2D eigenvalue weighted by Crippen LogP contribution is -2.12. The van der Waals surface area contributed by atoms with Crippen molar-refractivity contribution in [1.82, 2.24) is 4.98 Å². The number of rotatable bonds is 5. The molecular formula is C19H15ClN2O2. The molecule has 0 radical (unpaired) electrons. The van der Waals surface area contributed by atoms with E-state index >= 15 is 0 Å². The average Bonchev–Trinajstić information content (AvgIpc) is 2.63. The minimum absolute atomic E-state index is 0.250. The van der Waals surface area contributed by atoms with Gasteiger partial charge in [0, 0.05) is 11.8 Å². The summed E-state index contributed by atoms with van der Waals surface area (Å²) < 4.78 is 5.70. The maximum absolute atomic E-state index is 12.2. The van der Waals surface area contributed by atoms with Gasteiger partial charge >= 0.3 is 0 Å². The molecule has 4 nitrogen and oxygen atoms in total. The number of ether oxygens (including phenoxy) is 1. The molecule has 0 atom stereocenters. The molecule has 1 amide bonds. The first-order chi connectivity index (χ1) is 11.7. The standard InChI is InChI=1S/C19H15ClN2O2/c20-18-17(7-4-12-21-18)22-19(23)15-8-10-16(11-9-15)24-13-14-5-2-1-3-6-14/h1-12H,13H2,(H,22,23). The Kier molecular flexibility index (Phi) is 5.08. The van der Waals surface area contributed by atoms with Gasteiger partial charge in [-0.2, -0.15) is 0 Å². The Balaban J connectivity index is 1.61. The van der Waals surface area contributed by atoms with Crippen molar-refractivity contribution in [2.24, 2.45) is 0 Å². The third kappa shape index (κ3) is 4.12. The minimum atomic E-state index is -0.250. The number of benzene rings is 2. The average molecular weight is 339 g/mol. The fourth-order valence-corrected chi connectivity index (χ4v) is 2.28. The summed E-state index contributed by atoms with van der Waals surface area (Å²) in [5.41, 5.74) is 2.08. The second-order valence-corrected chi connectivity index (χ2v) is 5.45. The lowest BCUT2D eigenvalue weighted by Gasteiger charge is -2.08. The van der Waals surface area contributed by atoms with E-state index in [1.165, 1.54) is 0 Å². The fourth-order valence-electron chi connectivity index (χ4n) is 2.12. The number of amides is 1. The first-order valence-corrected chi connectivity index (χ1v) is 7.79. The van der Waals surface area contributed by atoms with Crippen LogP contribution in [0.25, 0.3) is 0 Å². The van der Waals surface area contributed by atoms with Gasteiger partial charge in [-0.05, 0) is 42.0 Å². The molecule has 0 saturated heterocycles. The highest BCUT2D eigenvalue weighted by atomic mass is 35.5. The van der Waals surface area contributed by atoms with E-state index in [0.29, 0.717) is 23.6 Å². The van der Waals surface area contributed by atoms with Crippen molar-refractivity contribution in [3.05, 3.63) is 89.2 Å². The number of halogens is 1. The number of pyridine rings is 1. The van der Waals surface area contributed by atoms with E-state index < -0.39 is 0 Å². The summed E-state index contributed by atoms with van der Waals surface area (Å²) in [6.07, 6.45) is 1.57.